The maximum atomic E-state index is 4.18. The summed E-state index contributed by atoms with van der Waals surface area (Å²) in [7, 11) is 5.92. The molecular weight excluding hydrogens is 375 g/mol. The van der Waals surface area contributed by atoms with Crippen molar-refractivity contribution in [2.75, 3.05) is 27.7 Å². The van der Waals surface area contributed by atoms with Crippen molar-refractivity contribution in [1.82, 2.24) is 15.5 Å². The molecule has 4 nitrogen and oxygen atoms in total. The molecule has 0 bridgehead atoms. The van der Waals surface area contributed by atoms with E-state index in [0.717, 1.165) is 25.0 Å². The summed E-state index contributed by atoms with van der Waals surface area (Å²) in [6, 6.07) is 11.2. The maximum absolute atomic E-state index is 4.18. The molecule has 1 saturated carbocycles. The molecule has 5 heteroatoms. The van der Waals surface area contributed by atoms with Crippen LogP contribution >= 0.6 is 24.0 Å². The monoisotopic (exact) mass is 402 g/mol. The van der Waals surface area contributed by atoms with E-state index >= 15 is 0 Å². The van der Waals surface area contributed by atoms with Crippen LogP contribution in [-0.4, -0.2) is 44.6 Å². The Labute approximate surface area is 145 Å². The lowest BCUT2D eigenvalue weighted by Gasteiger charge is -2.29. The number of benzene rings is 1. The van der Waals surface area contributed by atoms with Crippen LogP contribution in [0, 0.1) is 5.92 Å². The second-order valence-corrected chi connectivity index (χ2v) is 5.51. The number of hydrogen-bond acceptors (Lipinski definition) is 2. The molecular formula is C16H27IN4. The van der Waals surface area contributed by atoms with Crippen molar-refractivity contribution in [3.63, 3.8) is 0 Å². The van der Waals surface area contributed by atoms with Gasteiger partial charge in [-0.25, -0.2) is 0 Å². The van der Waals surface area contributed by atoms with E-state index in [9.17, 15) is 0 Å². The first kappa shape index (κ1) is 18.2. The van der Waals surface area contributed by atoms with Crippen LogP contribution in [0.3, 0.4) is 0 Å². The zero-order chi connectivity index (χ0) is 14.4. The van der Waals surface area contributed by atoms with Gasteiger partial charge < -0.3 is 10.6 Å². The normalized spacial score (nSPS) is 16.3. The molecule has 118 valence electrons. The lowest BCUT2D eigenvalue weighted by molar-refractivity contribution is 0.210. The average Bonchev–Trinajstić information content (AvgIpc) is 3.29. The number of hydrogen-bond donors (Lipinski definition) is 2. The Morgan fingerprint density at radius 2 is 2.00 bits per heavy atom. The maximum Gasteiger partial charge on any atom is 0.190 e. The standard InChI is InChI=1S/C16H26N4.HI/c1-17-16(18-2)19-11-15(14-9-10-14)20(3)12-13-7-5-4-6-8-13;/h4-8,14-15H,9-12H2,1-3H3,(H2,17,18,19);1H. The minimum atomic E-state index is 0. The molecule has 0 radical (unpaired) electrons. The molecule has 1 atom stereocenters. The Morgan fingerprint density at radius 3 is 2.52 bits per heavy atom. The summed E-state index contributed by atoms with van der Waals surface area (Å²) in [6.45, 7) is 1.95. The van der Waals surface area contributed by atoms with Gasteiger partial charge >= 0.3 is 0 Å². The summed E-state index contributed by atoms with van der Waals surface area (Å²) in [6.07, 6.45) is 2.70. The first-order chi connectivity index (χ1) is 9.74. The van der Waals surface area contributed by atoms with E-state index in [-0.39, 0.29) is 24.0 Å². The predicted molar refractivity (Wildman–Crippen MR) is 100 cm³/mol. The van der Waals surface area contributed by atoms with Gasteiger partial charge in [0.15, 0.2) is 5.96 Å². The van der Waals surface area contributed by atoms with E-state index in [2.05, 4.69) is 57.9 Å². The molecule has 1 aromatic rings. The third-order valence-corrected chi connectivity index (χ3v) is 3.95. The first-order valence-corrected chi connectivity index (χ1v) is 7.37. The van der Waals surface area contributed by atoms with Gasteiger partial charge in [-0.1, -0.05) is 30.3 Å². The SMILES string of the molecule is CN=C(NC)NCC(C1CC1)N(C)Cc1ccccc1.I. The fourth-order valence-electron chi connectivity index (χ4n) is 2.63. The summed E-state index contributed by atoms with van der Waals surface area (Å²) in [5.74, 6) is 1.69. The van der Waals surface area contributed by atoms with Gasteiger partial charge in [0, 0.05) is 33.2 Å². The molecule has 0 saturated heterocycles. The molecule has 2 N–H and O–H groups in total. The van der Waals surface area contributed by atoms with Gasteiger partial charge in [0.2, 0.25) is 0 Å². The molecule has 0 heterocycles. The highest BCUT2D eigenvalue weighted by Gasteiger charge is 2.33. The van der Waals surface area contributed by atoms with Crippen LogP contribution in [0.15, 0.2) is 35.3 Å². The fraction of sp³-hybridized carbons (Fsp3) is 0.562. The molecule has 2 rings (SSSR count). The minimum Gasteiger partial charge on any atom is -0.359 e. The molecule has 1 unspecified atom stereocenters. The highest BCUT2D eigenvalue weighted by atomic mass is 127. The van der Waals surface area contributed by atoms with Crippen molar-refractivity contribution in [2.45, 2.75) is 25.4 Å². The topological polar surface area (TPSA) is 39.7 Å². The Kier molecular flexibility index (Phi) is 8.03. The van der Waals surface area contributed by atoms with Crippen molar-refractivity contribution in [3.05, 3.63) is 35.9 Å². The summed E-state index contributed by atoms with van der Waals surface area (Å²) in [4.78, 5) is 6.64. The van der Waals surface area contributed by atoms with Crippen LogP contribution in [-0.2, 0) is 6.54 Å². The Morgan fingerprint density at radius 1 is 1.33 bits per heavy atom. The van der Waals surface area contributed by atoms with Crippen molar-refractivity contribution in [2.24, 2.45) is 10.9 Å². The van der Waals surface area contributed by atoms with E-state index in [1.165, 1.54) is 18.4 Å². The van der Waals surface area contributed by atoms with Gasteiger partial charge in [-0.15, -0.1) is 24.0 Å². The zero-order valence-corrected chi connectivity index (χ0v) is 15.5. The Balaban J connectivity index is 0.00000220. The molecule has 1 aliphatic rings. The van der Waals surface area contributed by atoms with Crippen molar-refractivity contribution in [1.29, 1.82) is 0 Å². The number of guanidine groups is 1. The average molecular weight is 402 g/mol. The summed E-state index contributed by atoms with van der Waals surface area (Å²) in [5, 5.41) is 6.48. The van der Waals surface area contributed by atoms with Crippen molar-refractivity contribution < 1.29 is 0 Å². The van der Waals surface area contributed by atoms with E-state index in [0.29, 0.717) is 6.04 Å². The van der Waals surface area contributed by atoms with Crippen molar-refractivity contribution in [3.8, 4) is 0 Å². The highest BCUT2D eigenvalue weighted by Crippen LogP contribution is 2.35. The Hall–Kier alpha value is -0.820. The number of aliphatic imine (C=N–C) groups is 1. The zero-order valence-electron chi connectivity index (χ0n) is 13.2. The molecule has 0 aromatic heterocycles. The number of likely N-dealkylation sites (N-methyl/N-ethyl adjacent to an activating group) is 1. The van der Waals surface area contributed by atoms with Gasteiger partial charge in [0.25, 0.3) is 0 Å². The lowest BCUT2D eigenvalue weighted by atomic mass is 10.1. The van der Waals surface area contributed by atoms with E-state index in [4.69, 9.17) is 0 Å². The van der Waals surface area contributed by atoms with E-state index < -0.39 is 0 Å². The third-order valence-electron chi connectivity index (χ3n) is 3.95. The van der Waals surface area contributed by atoms with Gasteiger partial charge in [0.1, 0.15) is 0 Å². The van der Waals surface area contributed by atoms with Crippen LogP contribution in [0.1, 0.15) is 18.4 Å². The number of halogens is 1. The Bertz CT molecular complexity index is 431. The molecule has 0 aliphatic heterocycles. The first-order valence-electron chi connectivity index (χ1n) is 7.37. The number of nitrogens with zero attached hydrogens (tertiary/aromatic N) is 2. The van der Waals surface area contributed by atoms with Gasteiger partial charge in [0.05, 0.1) is 0 Å². The molecule has 21 heavy (non-hydrogen) atoms. The number of rotatable bonds is 6. The largest absolute Gasteiger partial charge is 0.359 e. The molecule has 1 aromatic carbocycles. The second-order valence-electron chi connectivity index (χ2n) is 5.51. The lowest BCUT2D eigenvalue weighted by Crippen LogP contribution is -2.46. The minimum absolute atomic E-state index is 0. The molecule has 0 spiro atoms. The molecule has 0 amide bonds. The fourth-order valence-corrected chi connectivity index (χ4v) is 2.63. The molecule has 1 aliphatic carbocycles. The van der Waals surface area contributed by atoms with Crippen LogP contribution in [0.25, 0.3) is 0 Å². The van der Waals surface area contributed by atoms with Crippen molar-refractivity contribution >= 4 is 29.9 Å². The summed E-state index contributed by atoms with van der Waals surface area (Å²) >= 11 is 0. The number of nitrogens with one attached hydrogen (secondary N) is 2. The van der Waals surface area contributed by atoms with Gasteiger partial charge in [-0.2, -0.15) is 0 Å². The van der Waals surface area contributed by atoms with Crippen LogP contribution in [0.5, 0.6) is 0 Å². The third kappa shape index (κ3) is 5.82. The second kappa shape index (κ2) is 9.25. The highest BCUT2D eigenvalue weighted by molar-refractivity contribution is 14.0. The summed E-state index contributed by atoms with van der Waals surface area (Å²) in [5.41, 5.74) is 1.37. The summed E-state index contributed by atoms with van der Waals surface area (Å²) < 4.78 is 0. The molecule has 1 fully saturated rings. The van der Waals surface area contributed by atoms with Crippen LogP contribution in [0.2, 0.25) is 0 Å². The van der Waals surface area contributed by atoms with Gasteiger partial charge in [-0.3, -0.25) is 9.89 Å². The van der Waals surface area contributed by atoms with E-state index in [1.807, 2.05) is 7.05 Å². The van der Waals surface area contributed by atoms with Crippen LogP contribution < -0.4 is 10.6 Å². The van der Waals surface area contributed by atoms with Gasteiger partial charge in [-0.05, 0) is 31.4 Å². The van der Waals surface area contributed by atoms with Crippen LogP contribution in [0.4, 0.5) is 0 Å². The predicted octanol–water partition coefficient (Wildman–Crippen LogP) is 2.31. The van der Waals surface area contributed by atoms with E-state index in [1.54, 1.807) is 7.05 Å². The smallest absolute Gasteiger partial charge is 0.190 e. The quantitative estimate of drug-likeness (QED) is 0.436.